The van der Waals surface area contributed by atoms with Crippen molar-refractivity contribution < 1.29 is 14.0 Å². The van der Waals surface area contributed by atoms with Gasteiger partial charge in [0.15, 0.2) is 5.78 Å². The average Bonchev–Trinajstić information content (AvgIpc) is 2.69. The molecule has 0 saturated carbocycles. The van der Waals surface area contributed by atoms with Crippen LogP contribution in [0.3, 0.4) is 0 Å². The highest BCUT2D eigenvalue weighted by Gasteiger charge is 2.32. The molecule has 1 aliphatic heterocycles. The quantitative estimate of drug-likeness (QED) is 0.715. The van der Waals surface area contributed by atoms with Gasteiger partial charge in [-0.15, -0.1) is 0 Å². The molecule has 0 bridgehead atoms. The van der Waals surface area contributed by atoms with Gasteiger partial charge in [-0.25, -0.2) is 4.39 Å². The maximum Gasteiger partial charge on any atom is 0.239 e. The van der Waals surface area contributed by atoms with E-state index < -0.39 is 11.9 Å². The summed E-state index contributed by atoms with van der Waals surface area (Å²) in [7, 11) is 0. The number of hydrogen-bond donors (Lipinski definition) is 1. The molecule has 0 aliphatic carbocycles. The molecule has 5 heteroatoms. The second-order valence-electron chi connectivity index (χ2n) is 8.33. The van der Waals surface area contributed by atoms with E-state index in [9.17, 15) is 14.0 Å². The van der Waals surface area contributed by atoms with Crippen LogP contribution >= 0.6 is 0 Å². The molecule has 3 rings (SSSR count). The number of likely N-dealkylation sites (tertiary alicyclic amines) is 1. The first-order chi connectivity index (χ1) is 13.8. The zero-order valence-electron chi connectivity index (χ0n) is 17.1. The highest BCUT2D eigenvalue weighted by molar-refractivity contribution is 5.98. The molecule has 1 saturated heterocycles. The highest BCUT2D eigenvalue weighted by atomic mass is 19.1. The Kier molecular flexibility index (Phi) is 6.80. The van der Waals surface area contributed by atoms with Gasteiger partial charge in [0, 0.05) is 11.5 Å². The molecular formula is C24H29FN2O2. The summed E-state index contributed by atoms with van der Waals surface area (Å²) in [5.41, 5.74) is 8.31. The van der Waals surface area contributed by atoms with Gasteiger partial charge in [0.2, 0.25) is 5.91 Å². The van der Waals surface area contributed by atoms with E-state index >= 15 is 0 Å². The molecule has 0 aromatic heterocycles. The van der Waals surface area contributed by atoms with Crippen molar-refractivity contribution in [3.63, 3.8) is 0 Å². The summed E-state index contributed by atoms with van der Waals surface area (Å²) in [5, 5.41) is 0. The summed E-state index contributed by atoms with van der Waals surface area (Å²) in [6.07, 6.45) is 2.36. The number of carbonyl (C=O) groups is 2. The monoisotopic (exact) mass is 396 g/mol. The van der Waals surface area contributed by atoms with E-state index in [2.05, 4.69) is 13.8 Å². The van der Waals surface area contributed by atoms with Crippen LogP contribution in [0.4, 0.5) is 4.39 Å². The first-order valence-electron chi connectivity index (χ1n) is 10.3. The van der Waals surface area contributed by atoms with E-state index in [4.69, 9.17) is 5.73 Å². The number of amides is 1. The number of piperidine rings is 1. The van der Waals surface area contributed by atoms with Crippen molar-refractivity contribution >= 4 is 11.7 Å². The van der Waals surface area contributed by atoms with Crippen molar-refractivity contribution in [2.75, 3.05) is 13.1 Å². The molecule has 2 N–H and O–H groups in total. The van der Waals surface area contributed by atoms with Crippen LogP contribution in [0.5, 0.6) is 0 Å². The van der Waals surface area contributed by atoms with E-state index in [1.54, 1.807) is 12.1 Å². The van der Waals surface area contributed by atoms with Gasteiger partial charge in [-0.2, -0.15) is 0 Å². The lowest BCUT2D eigenvalue weighted by atomic mass is 9.87. The summed E-state index contributed by atoms with van der Waals surface area (Å²) >= 11 is 0. The maximum atomic E-state index is 13.2. The van der Waals surface area contributed by atoms with E-state index in [0.717, 1.165) is 12.0 Å². The minimum Gasteiger partial charge on any atom is -0.368 e. The van der Waals surface area contributed by atoms with E-state index in [-0.39, 0.29) is 17.5 Å². The van der Waals surface area contributed by atoms with Crippen LogP contribution in [-0.4, -0.2) is 29.7 Å². The largest absolute Gasteiger partial charge is 0.368 e. The van der Waals surface area contributed by atoms with Gasteiger partial charge in [0.25, 0.3) is 0 Å². The van der Waals surface area contributed by atoms with Crippen LogP contribution < -0.4 is 5.73 Å². The SMILES string of the molecule is CC(C)Cc1ccc(C(=O)C2CCN(C(C(N)=O)c3ccc(F)cc3)CC2)cc1. The number of rotatable bonds is 7. The number of primary amides is 1. The fourth-order valence-electron chi connectivity index (χ4n) is 4.13. The second-order valence-corrected chi connectivity index (χ2v) is 8.33. The Hall–Kier alpha value is -2.53. The Balaban J connectivity index is 1.63. The summed E-state index contributed by atoms with van der Waals surface area (Å²) in [5.74, 6) is -0.106. The number of halogens is 1. The number of benzene rings is 2. The zero-order valence-corrected chi connectivity index (χ0v) is 17.1. The van der Waals surface area contributed by atoms with Gasteiger partial charge in [-0.1, -0.05) is 50.2 Å². The van der Waals surface area contributed by atoms with Crippen molar-refractivity contribution in [2.24, 2.45) is 17.6 Å². The summed E-state index contributed by atoms with van der Waals surface area (Å²) in [6, 6.07) is 13.2. The van der Waals surface area contributed by atoms with Crippen LogP contribution in [0, 0.1) is 17.7 Å². The smallest absolute Gasteiger partial charge is 0.239 e. The second kappa shape index (κ2) is 9.31. The Bertz CT molecular complexity index is 838. The van der Waals surface area contributed by atoms with Gasteiger partial charge in [0.05, 0.1) is 0 Å². The van der Waals surface area contributed by atoms with Gasteiger partial charge >= 0.3 is 0 Å². The van der Waals surface area contributed by atoms with E-state index in [0.29, 0.717) is 37.4 Å². The molecule has 1 amide bonds. The molecule has 2 aromatic carbocycles. The summed E-state index contributed by atoms with van der Waals surface area (Å²) in [6.45, 7) is 5.57. The maximum absolute atomic E-state index is 13.2. The minimum absolute atomic E-state index is 0.0519. The normalized spacial score (nSPS) is 16.7. The summed E-state index contributed by atoms with van der Waals surface area (Å²) < 4.78 is 13.2. The molecule has 4 nitrogen and oxygen atoms in total. The number of ketones is 1. The Labute approximate surface area is 171 Å². The zero-order chi connectivity index (χ0) is 21.0. The lowest BCUT2D eigenvalue weighted by Crippen LogP contribution is -2.43. The third-order valence-electron chi connectivity index (χ3n) is 5.60. The molecular weight excluding hydrogens is 367 g/mol. The number of Topliss-reactive ketones (excluding diaryl/α,β-unsaturated/α-hetero) is 1. The predicted molar refractivity (Wildman–Crippen MR) is 112 cm³/mol. The van der Waals surface area contributed by atoms with Crippen molar-refractivity contribution in [1.82, 2.24) is 4.90 Å². The van der Waals surface area contributed by atoms with Crippen molar-refractivity contribution in [2.45, 2.75) is 39.2 Å². The van der Waals surface area contributed by atoms with Crippen LogP contribution in [-0.2, 0) is 11.2 Å². The van der Waals surface area contributed by atoms with Crippen molar-refractivity contribution in [1.29, 1.82) is 0 Å². The Morgan fingerprint density at radius 3 is 2.14 bits per heavy atom. The fourth-order valence-corrected chi connectivity index (χ4v) is 4.13. The third kappa shape index (κ3) is 5.30. The molecule has 2 aromatic rings. The van der Waals surface area contributed by atoms with Crippen LogP contribution in [0.25, 0.3) is 0 Å². The molecule has 1 fully saturated rings. The number of carbonyl (C=O) groups excluding carboxylic acids is 2. The summed E-state index contributed by atoms with van der Waals surface area (Å²) in [4.78, 5) is 26.9. The fraction of sp³-hybridized carbons (Fsp3) is 0.417. The predicted octanol–water partition coefficient (Wildman–Crippen LogP) is 4.15. The van der Waals surface area contributed by atoms with E-state index in [1.807, 2.05) is 29.2 Å². The molecule has 0 radical (unpaired) electrons. The molecule has 1 aliphatic rings. The molecule has 29 heavy (non-hydrogen) atoms. The number of hydrogen-bond acceptors (Lipinski definition) is 3. The standard InChI is InChI=1S/C24H29FN2O2/c1-16(2)15-17-3-5-19(6-4-17)23(28)20-11-13-27(14-12-20)22(24(26)29)18-7-9-21(25)10-8-18/h3-10,16,20,22H,11-15H2,1-2H3,(H2,26,29). The number of nitrogens with zero attached hydrogens (tertiary/aromatic N) is 1. The number of nitrogens with two attached hydrogens (primary N) is 1. The molecule has 1 heterocycles. The molecule has 0 spiro atoms. The minimum atomic E-state index is -0.595. The Morgan fingerprint density at radius 1 is 1.03 bits per heavy atom. The van der Waals surface area contributed by atoms with Crippen LogP contribution in [0.2, 0.25) is 0 Å². The van der Waals surface area contributed by atoms with Gasteiger partial charge in [-0.05, 0) is 61.5 Å². The first kappa shape index (κ1) is 21.2. The lowest BCUT2D eigenvalue weighted by Gasteiger charge is -2.35. The van der Waals surface area contributed by atoms with E-state index in [1.165, 1.54) is 17.7 Å². The topological polar surface area (TPSA) is 63.4 Å². The molecule has 1 unspecified atom stereocenters. The first-order valence-corrected chi connectivity index (χ1v) is 10.3. The lowest BCUT2D eigenvalue weighted by molar-refractivity contribution is -0.124. The van der Waals surface area contributed by atoms with Gasteiger partial charge in [0.1, 0.15) is 11.9 Å². The van der Waals surface area contributed by atoms with Crippen LogP contribution in [0.15, 0.2) is 48.5 Å². The molecule has 1 atom stereocenters. The molecule has 154 valence electrons. The highest BCUT2D eigenvalue weighted by Crippen LogP contribution is 2.29. The van der Waals surface area contributed by atoms with Crippen molar-refractivity contribution in [3.8, 4) is 0 Å². The van der Waals surface area contributed by atoms with Gasteiger partial charge in [-0.3, -0.25) is 14.5 Å². The third-order valence-corrected chi connectivity index (χ3v) is 5.60. The van der Waals surface area contributed by atoms with Gasteiger partial charge < -0.3 is 5.73 Å². The van der Waals surface area contributed by atoms with Crippen molar-refractivity contribution in [3.05, 3.63) is 71.0 Å². The Morgan fingerprint density at radius 2 is 1.62 bits per heavy atom. The average molecular weight is 397 g/mol. The van der Waals surface area contributed by atoms with Crippen LogP contribution in [0.1, 0.15) is 54.2 Å².